The number of aryl methyl sites for hydroxylation is 1. The number of carbonyl (C=O) groups is 3. The number of ether oxygens (including phenoxy) is 1. The highest BCUT2D eigenvalue weighted by molar-refractivity contribution is 5.91. The molecule has 1 aromatic rings. The first-order valence-corrected chi connectivity index (χ1v) is 9.92. The average molecular weight is 486 g/mol. The topological polar surface area (TPSA) is 101 Å². The third kappa shape index (κ3) is 9.03. The Balaban J connectivity index is 2.57. The fraction of sp³-hybridized carbons (Fsp3) is 0.571. The van der Waals surface area contributed by atoms with E-state index in [1.165, 1.54) is 0 Å². The zero-order valence-electron chi connectivity index (χ0n) is 17.7. The Morgan fingerprint density at radius 2 is 1.52 bits per heavy atom. The lowest BCUT2D eigenvalue weighted by Crippen LogP contribution is -2.43. The van der Waals surface area contributed by atoms with Crippen molar-refractivity contribution in [2.75, 3.05) is 7.11 Å². The zero-order valence-corrected chi connectivity index (χ0v) is 17.7. The van der Waals surface area contributed by atoms with E-state index in [1.54, 1.807) is 0 Å². The number of Topliss-reactive ketones (excluding diaryl/α,β-unsaturated/α-hetero) is 1. The molecule has 0 saturated heterocycles. The second-order valence-electron chi connectivity index (χ2n) is 7.59. The van der Waals surface area contributed by atoms with E-state index in [1.807, 2.05) is 0 Å². The molecule has 0 aliphatic heterocycles. The second kappa shape index (κ2) is 11.5. The van der Waals surface area contributed by atoms with Crippen LogP contribution in [0.4, 0.5) is 26.3 Å². The van der Waals surface area contributed by atoms with E-state index in [0.29, 0.717) is 18.9 Å². The molecule has 0 saturated carbocycles. The molecule has 2 N–H and O–H groups in total. The van der Waals surface area contributed by atoms with Crippen LogP contribution in [-0.2, 0) is 37.9 Å². The molecule has 1 unspecified atom stereocenters. The SMILES string of the molecule is COC(=O)C(O)(CC(=O)O)CC(=O)CCCCCCc1ccc(C(F)(F)F)cc1C(F)(F)F. The van der Waals surface area contributed by atoms with Crippen molar-refractivity contribution in [1.82, 2.24) is 0 Å². The number of halogens is 6. The first-order valence-electron chi connectivity index (χ1n) is 9.92. The smallest absolute Gasteiger partial charge is 0.416 e. The first kappa shape index (κ1) is 28.4. The lowest BCUT2D eigenvalue weighted by atomic mass is 9.91. The van der Waals surface area contributed by atoms with E-state index < -0.39 is 59.6 Å². The van der Waals surface area contributed by atoms with Crippen LogP contribution < -0.4 is 0 Å². The van der Waals surface area contributed by atoms with Gasteiger partial charge >= 0.3 is 24.3 Å². The third-order valence-electron chi connectivity index (χ3n) is 4.89. The Labute approximate surface area is 185 Å². The van der Waals surface area contributed by atoms with Crippen LogP contribution in [0.3, 0.4) is 0 Å². The van der Waals surface area contributed by atoms with E-state index in [4.69, 9.17) is 5.11 Å². The molecule has 0 aliphatic rings. The van der Waals surface area contributed by atoms with Gasteiger partial charge in [0.2, 0.25) is 0 Å². The van der Waals surface area contributed by atoms with Gasteiger partial charge in [-0.05, 0) is 37.0 Å². The summed E-state index contributed by atoms with van der Waals surface area (Å²) >= 11 is 0. The summed E-state index contributed by atoms with van der Waals surface area (Å²) in [6.07, 6.45) is -10.5. The van der Waals surface area contributed by atoms with Crippen LogP contribution in [0.15, 0.2) is 18.2 Å². The van der Waals surface area contributed by atoms with Crippen molar-refractivity contribution < 1.29 is 55.7 Å². The van der Waals surface area contributed by atoms with Crippen molar-refractivity contribution >= 4 is 17.7 Å². The van der Waals surface area contributed by atoms with Crippen LogP contribution in [-0.4, -0.2) is 40.6 Å². The first-order chi connectivity index (χ1) is 15.1. The molecule has 1 rings (SSSR count). The number of esters is 1. The Morgan fingerprint density at radius 1 is 0.909 bits per heavy atom. The van der Waals surface area contributed by atoms with Crippen molar-refractivity contribution in [2.45, 2.75) is 69.3 Å². The zero-order chi connectivity index (χ0) is 25.4. The molecule has 0 bridgehead atoms. The van der Waals surface area contributed by atoms with Crippen LogP contribution in [0.1, 0.15) is 61.6 Å². The fourth-order valence-electron chi connectivity index (χ4n) is 3.29. The van der Waals surface area contributed by atoms with Gasteiger partial charge in [0.1, 0.15) is 5.78 Å². The molecular weight excluding hydrogens is 462 g/mol. The van der Waals surface area contributed by atoms with Gasteiger partial charge in [-0.2, -0.15) is 26.3 Å². The van der Waals surface area contributed by atoms with Crippen LogP contribution in [0, 0.1) is 0 Å². The number of hydrogen-bond donors (Lipinski definition) is 2. The second-order valence-corrected chi connectivity index (χ2v) is 7.59. The molecule has 0 heterocycles. The summed E-state index contributed by atoms with van der Waals surface area (Å²) in [5.41, 5.74) is -5.47. The van der Waals surface area contributed by atoms with Crippen molar-refractivity contribution in [3.8, 4) is 0 Å². The average Bonchev–Trinajstić information content (AvgIpc) is 2.67. The van der Waals surface area contributed by atoms with Crippen LogP contribution in [0.2, 0.25) is 0 Å². The summed E-state index contributed by atoms with van der Waals surface area (Å²) < 4.78 is 81.9. The molecule has 33 heavy (non-hydrogen) atoms. The molecule has 1 atom stereocenters. The largest absolute Gasteiger partial charge is 0.481 e. The maximum Gasteiger partial charge on any atom is 0.416 e. The predicted molar refractivity (Wildman–Crippen MR) is 102 cm³/mol. The lowest BCUT2D eigenvalue weighted by Gasteiger charge is -2.22. The molecule has 1 aromatic carbocycles. The lowest BCUT2D eigenvalue weighted by molar-refractivity contribution is -0.170. The number of aliphatic carboxylic acids is 1. The quantitative estimate of drug-likeness (QED) is 0.255. The molecule has 0 fully saturated rings. The van der Waals surface area contributed by atoms with Gasteiger partial charge < -0.3 is 14.9 Å². The number of alkyl halides is 6. The predicted octanol–water partition coefficient (Wildman–Crippen LogP) is 4.56. The van der Waals surface area contributed by atoms with Gasteiger partial charge in [-0.15, -0.1) is 0 Å². The van der Waals surface area contributed by atoms with E-state index >= 15 is 0 Å². The van der Waals surface area contributed by atoms with Gasteiger partial charge in [-0.1, -0.05) is 18.9 Å². The van der Waals surface area contributed by atoms with Crippen LogP contribution in [0.5, 0.6) is 0 Å². The van der Waals surface area contributed by atoms with Gasteiger partial charge in [-0.25, -0.2) is 4.79 Å². The number of unbranched alkanes of at least 4 members (excludes halogenated alkanes) is 3. The Bertz CT molecular complexity index is 849. The van der Waals surface area contributed by atoms with Gasteiger partial charge in [0.15, 0.2) is 5.60 Å². The minimum Gasteiger partial charge on any atom is -0.481 e. The van der Waals surface area contributed by atoms with Gasteiger partial charge in [0.25, 0.3) is 0 Å². The fourth-order valence-corrected chi connectivity index (χ4v) is 3.29. The molecular formula is C21H24F6O6. The molecule has 0 amide bonds. The van der Waals surface area contributed by atoms with Gasteiger partial charge in [0, 0.05) is 12.8 Å². The monoisotopic (exact) mass is 486 g/mol. The number of carboxylic acid groups (broad SMARTS) is 1. The molecule has 0 spiro atoms. The molecule has 186 valence electrons. The Hall–Kier alpha value is -2.63. The van der Waals surface area contributed by atoms with Crippen molar-refractivity contribution in [3.63, 3.8) is 0 Å². The highest BCUT2D eigenvalue weighted by atomic mass is 19.4. The third-order valence-corrected chi connectivity index (χ3v) is 4.89. The summed E-state index contributed by atoms with van der Waals surface area (Å²) in [4.78, 5) is 34.4. The number of aliphatic hydroxyl groups is 1. The standard InChI is InChI=1S/C21H24F6O6/c1-33-18(31)19(32,12-17(29)30)11-15(28)7-5-3-2-4-6-13-8-9-14(20(22,23)24)10-16(13)21(25,26)27/h8-10,32H,2-7,11-12H2,1H3,(H,29,30). The van der Waals surface area contributed by atoms with Crippen molar-refractivity contribution in [3.05, 3.63) is 34.9 Å². The minimum atomic E-state index is -4.94. The summed E-state index contributed by atoms with van der Waals surface area (Å²) in [6.45, 7) is 0. The van der Waals surface area contributed by atoms with E-state index in [0.717, 1.165) is 13.2 Å². The van der Waals surface area contributed by atoms with Crippen molar-refractivity contribution in [1.29, 1.82) is 0 Å². The summed E-state index contributed by atoms with van der Waals surface area (Å²) in [6, 6.07) is 1.50. The maximum absolute atomic E-state index is 13.1. The number of ketones is 1. The molecule has 0 aromatic heterocycles. The molecule has 0 radical (unpaired) electrons. The van der Waals surface area contributed by atoms with Crippen LogP contribution >= 0.6 is 0 Å². The summed E-state index contributed by atoms with van der Waals surface area (Å²) in [7, 11) is 0.931. The summed E-state index contributed by atoms with van der Waals surface area (Å²) in [5, 5.41) is 18.9. The Kier molecular flexibility index (Phi) is 9.88. The number of rotatable bonds is 12. The molecule has 12 heteroatoms. The number of carbonyl (C=O) groups excluding carboxylic acids is 2. The highest BCUT2D eigenvalue weighted by Crippen LogP contribution is 2.37. The summed E-state index contributed by atoms with van der Waals surface area (Å²) in [5.74, 6) is -3.35. The number of benzene rings is 1. The normalized spacial score (nSPS) is 13.9. The maximum atomic E-state index is 13.1. The van der Waals surface area contributed by atoms with E-state index in [-0.39, 0.29) is 37.3 Å². The van der Waals surface area contributed by atoms with Crippen molar-refractivity contribution in [2.24, 2.45) is 0 Å². The van der Waals surface area contributed by atoms with E-state index in [2.05, 4.69) is 4.74 Å². The van der Waals surface area contributed by atoms with E-state index in [9.17, 15) is 45.8 Å². The Morgan fingerprint density at radius 3 is 2.03 bits per heavy atom. The number of methoxy groups -OCH3 is 1. The highest BCUT2D eigenvalue weighted by Gasteiger charge is 2.41. The molecule has 6 nitrogen and oxygen atoms in total. The van der Waals surface area contributed by atoms with Gasteiger partial charge in [0.05, 0.1) is 24.7 Å². The number of hydrogen-bond acceptors (Lipinski definition) is 5. The van der Waals surface area contributed by atoms with Gasteiger partial charge in [-0.3, -0.25) is 9.59 Å². The number of carboxylic acids is 1. The molecule has 0 aliphatic carbocycles. The minimum absolute atomic E-state index is 0.0909. The van der Waals surface area contributed by atoms with Crippen LogP contribution in [0.25, 0.3) is 0 Å².